The highest BCUT2D eigenvalue weighted by Crippen LogP contribution is 2.42. The largest absolute Gasteiger partial charge is 0.360 e. The number of amides is 1. The van der Waals surface area contributed by atoms with Crippen molar-refractivity contribution in [3.63, 3.8) is 0 Å². The predicted molar refractivity (Wildman–Crippen MR) is 97.4 cm³/mol. The first kappa shape index (κ1) is 15.1. The molecular formula is C18H18N4OS. The van der Waals surface area contributed by atoms with Gasteiger partial charge in [-0.05, 0) is 18.4 Å². The van der Waals surface area contributed by atoms with Crippen LogP contribution in [-0.2, 0) is 4.79 Å². The molecule has 5 nitrogen and oxygen atoms in total. The molecule has 0 spiro atoms. The third-order valence-electron chi connectivity index (χ3n) is 4.17. The molecule has 0 unspecified atom stereocenters. The lowest BCUT2D eigenvalue weighted by Crippen LogP contribution is -2.26. The van der Waals surface area contributed by atoms with E-state index in [2.05, 4.69) is 28.1 Å². The van der Waals surface area contributed by atoms with Gasteiger partial charge < -0.3 is 10.6 Å². The maximum Gasteiger partial charge on any atom is 0.239 e. The Morgan fingerprint density at radius 1 is 1.25 bits per heavy atom. The highest BCUT2D eigenvalue weighted by molar-refractivity contribution is 7.17. The molecule has 0 radical (unpaired) electrons. The lowest BCUT2D eigenvalue weighted by Gasteiger charge is -2.10. The van der Waals surface area contributed by atoms with Crippen LogP contribution < -0.4 is 10.6 Å². The molecule has 1 saturated carbocycles. The number of carbonyl (C=O) groups is 1. The number of rotatable bonds is 5. The highest BCUT2D eigenvalue weighted by atomic mass is 32.1. The Hall–Kier alpha value is -2.47. The van der Waals surface area contributed by atoms with Gasteiger partial charge in [0.05, 0.1) is 11.9 Å². The van der Waals surface area contributed by atoms with E-state index in [0.29, 0.717) is 5.92 Å². The standard InChI is InChI=1S/C18H18N4OS/c1-19-14(23)9-20-17-15-13(11-5-3-2-4-6-11)10-24-18(15)22-16(21-17)12-7-8-12/h2-6,10,12H,7-9H2,1H3,(H,19,23)(H,20,21,22). The van der Waals surface area contributed by atoms with Gasteiger partial charge in [0.2, 0.25) is 5.91 Å². The molecule has 0 saturated heterocycles. The van der Waals surface area contributed by atoms with Crippen LogP contribution in [0, 0.1) is 0 Å². The van der Waals surface area contributed by atoms with E-state index in [1.807, 2.05) is 18.2 Å². The van der Waals surface area contributed by atoms with Crippen LogP contribution in [-0.4, -0.2) is 29.5 Å². The van der Waals surface area contributed by atoms with Crippen LogP contribution in [0.25, 0.3) is 21.3 Å². The second-order valence-corrected chi connectivity index (χ2v) is 6.79. The summed E-state index contributed by atoms with van der Waals surface area (Å²) >= 11 is 1.63. The lowest BCUT2D eigenvalue weighted by atomic mass is 10.1. The molecule has 0 aliphatic heterocycles. The third kappa shape index (κ3) is 2.85. The number of aromatic nitrogens is 2. The molecule has 3 aromatic rings. The van der Waals surface area contributed by atoms with Gasteiger partial charge in [-0.25, -0.2) is 9.97 Å². The van der Waals surface area contributed by atoms with Crippen LogP contribution in [0.5, 0.6) is 0 Å². The van der Waals surface area contributed by atoms with Crippen molar-refractivity contribution >= 4 is 33.3 Å². The van der Waals surface area contributed by atoms with Crippen LogP contribution in [0.15, 0.2) is 35.7 Å². The van der Waals surface area contributed by atoms with Gasteiger partial charge in [-0.1, -0.05) is 30.3 Å². The molecule has 24 heavy (non-hydrogen) atoms. The van der Waals surface area contributed by atoms with E-state index in [1.165, 1.54) is 0 Å². The van der Waals surface area contributed by atoms with E-state index in [0.717, 1.165) is 45.8 Å². The topological polar surface area (TPSA) is 66.9 Å². The zero-order valence-corrected chi connectivity index (χ0v) is 14.2. The maximum atomic E-state index is 11.6. The fourth-order valence-corrected chi connectivity index (χ4v) is 3.65. The van der Waals surface area contributed by atoms with Crippen molar-refractivity contribution in [1.82, 2.24) is 15.3 Å². The van der Waals surface area contributed by atoms with E-state index in [9.17, 15) is 4.79 Å². The van der Waals surface area contributed by atoms with E-state index >= 15 is 0 Å². The Balaban J connectivity index is 1.82. The SMILES string of the molecule is CNC(=O)CNc1nc(C2CC2)nc2scc(-c3ccccc3)c12. The molecule has 1 aliphatic carbocycles. The summed E-state index contributed by atoms with van der Waals surface area (Å²) in [6.45, 7) is 0.205. The normalized spacial score (nSPS) is 13.9. The summed E-state index contributed by atoms with van der Waals surface area (Å²) in [6, 6.07) is 10.2. The smallest absolute Gasteiger partial charge is 0.239 e. The Labute approximate surface area is 144 Å². The van der Waals surface area contributed by atoms with Crippen LogP contribution in [0.3, 0.4) is 0 Å². The first-order valence-corrected chi connectivity index (χ1v) is 8.93. The molecule has 2 N–H and O–H groups in total. The van der Waals surface area contributed by atoms with Gasteiger partial charge in [-0.3, -0.25) is 4.79 Å². The predicted octanol–water partition coefficient (Wildman–Crippen LogP) is 3.39. The summed E-state index contributed by atoms with van der Waals surface area (Å²) in [7, 11) is 1.63. The summed E-state index contributed by atoms with van der Waals surface area (Å²) in [5.74, 6) is 2.05. The van der Waals surface area contributed by atoms with Crippen LogP contribution in [0.4, 0.5) is 5.82 Å². The fraction of sp³-hybridized carbons (Fsp3) is 0.278. The molecule has 4 rings (SSSR count). The average Bonchev–Trinajstić information content (AvgIpc) is 3.39. The van der Waals surface area contributed by atoms with E-state index in [4.69, 9.17) is 9.97 Å². The second-order valence-electron chi connectivity index (χ2n) is 5.93. The number of fused-ring (bicyclic) bond motifs is 1. The van der Waals surface area contributed by atoms with Gasteiger partial charge in [-0.15, -0.1) is 11.3 Å². The van der Waals surface area contributed by atoms with Gasteiger partial charge in [0, 0.05) is 23.9 Å². The monoisotopic (exact) mass is 338 g/mol. The van der Waals surface area contributed by atoms with Gasteiger partial charge in [0.1, 0.15) is 16.5 Å². The van der Waals surface area contributed by atoms with E-state index < -0.39 is 0 Å². The average molecular weight is 338 g/mol. The number of hydrogen-bond acceptors (Lipinski definition) is 5. The first-order valence-electron chi connectivity index (χ1n) is 8.05. The second kappa shape index (κ2) is 6.20. The number of benzene rings is 1. The van der Waals surface area contributed by atoms with Gasteiger partial charge in [-0.2, -0.15) is 0 Å². The number of likely N-dealkylation sites (N-methyl/N-ethyl adjacent to an activating group) is 1. The van der Waals surface area contributed by atoms with Crippen molar-refractivity contribution in [3.05, 3.63) is 41.5 Å². The van der Waals surface area contributed by atoms with Crippen molar-refractivity contribution < 1.29 is 4.79 Å². The molecule has 2 aromatic heterocycles. The molecule has 1 fully saturated rings. The number of thiophene rings is 1. The summed E-state index contributed by atoms with van der Waals surface area (Å²) < 4.78 is 0. The third-order valence-corrected chi connectivity index (χ3v) is 5.05. The molecule has 0 bridgehead atoms. The number of hydrogen-bond donors (Lipinski definition) is 2. The first-order chi connectivity index (χ1) is 11.8. The minimum absolute atomic E-state index is 0.0637. The van der Waals surface area contributed by atoms with Crippen LogP contribution in [0.2, 0.25) is 0 Å². The van der Waals surface area contributed by atoms with Gasteiger partial charge in [0.25, 0.3) is 0 Å². The van der Waals surface area contributed by atoms with E-state index in [1.54, 1.807) is 18.4 Å². The van der Waals surface area contributed by atoms with Crippen molar-refractivity contribution in [2.24, 2.45) is 0 Å². The zero-order chi connectivity index (χ0) is 16.5. The van der Waals surface area contributed by atoms with E-state index in [-0.39, 0.29) is 12.5 Å². The van der Waals surface area contributed by atoms with Crippen LogP contribution >= 0.6 is 11.3 Å². The van der Waals surface area contributed by atoms with Crippen molar-refractivity contribution in [1.29, 1.82) is 0 Å². The number of anilines is 1. The fourth-order valence-electron chi connectivity index (χ4n) is 2.69. The lowest BCUT2D eigenvalue weighted by molar-refractivity contribution is -0.118. The van der Waals surface area contributed by atoms with Crippen molar-refractivity contribution in [2.75, 3.05) is 18.9 Å². The molecule has 1 aromatic carbocycles. The maximum absolute atomic E-state index is 11.6. The molecule has 6 heteroatoms. The molecular weight excluding hydrogens is 320 g/mol. The number of nitrogens with one attached hydrogen (secondary N) is 2. The van der Waals surface area contributed by atoms with Crippen molar-refractivity contribution in [2.45, 2.75) is 18.8 Å². The highest BCUT2D eigenvalue weighted by Gasteiger charge is 2.28. The quantitative estimate of drug-likeness (QED) is 0.748. The number of nitrogens with zero attached hydrogens (tertiary/aromatic N) is 2. The molecule has 1 amide bonds. The molecule has 2 heterocycles. The Morgan fingerprint density at radius 2 is 2.04 bits per heavy atom. The summed E-state index contributed by atoms with van der Waals surface area (Å²) in [6.07, 6.45) is 2.30. The van der Waals surface area contributed by atoms with Crippen LogP contribution in [0.1, 0.15) is 24.6 Å². The summed E-state index contributed by atoms with van der Waals surface area (Å²) in [5.41, 5.74) is 2.24. The van der Waals surface area contributed by atoms with Gasteiger partial charge >= 0.3 is 0 Å². The summed E-state index contributed by atoms with van der Waals surface area (Å²) in [4.78, 5) is 22.1. The number of carbonyl (C=O) groups excluding carboxylic acids is 1. The zero-order valence-electron chi connectivity index (χ0n) is 13.4. The minimum atomic E-state index is -0.0637. The minimum Gasteiger partial charge on any atom is -0.360 e. The molecule has 1 aliphatic rings. The molecule has 122 valence electrons. The Kier molecular flexibility index (Phi) is 3.90. The summed E-state index contributed by atoms with van der Waals surface area (Å²) in [5, 5.41) is 8.95. The van der Waals surface area contributed by atoms with Crippen molar-refractivity contribution in [3.8, 4) is 11.1 Å². The Bertz CT molecular complexity index is 887. The Morgan fingerprint density at radius 3 is 2.75 bits per heavy atom. The van der Waals surface area contributed by atoms with Gasteiger partial charge in [0.15, 0.2) is 0 Å². The molecule has 0 atom stereocenters.